The molecule has 15 heavy (non-hydrogen) atoms. The van der Waals surface area contributed by atoms with Gasteiger partial charge >= 0.3 is 5.97 Å². The zero-order chi connectivity index (χ0) is 11.3. The molecule has 82 valence electrons. The average molecular weight is 226 g/mol. The van der Waals surface area contributed by atoms with Gasteiger partial charge in [-0.1, -0.05) is 30.4 Å². The van der Waals surface area contributed by atoms with Crippen molar-refractivity contribution in [3.05, 3.63) is 23.8 Å². The maximum atomic E-state index is 11.1. The number of hydrogen-bond donors (Lipinski definition) is 1. The molecule has 0 aromatic heterocycles. The summed E-state index contributed by atoms with van der Waals surface area (Å²) in [6.45, 7) is 2.06. The molecule has 0 saturated carbocycles. The van der Waals surface area contributed by atoms with Crippen molar-refractivity contribution in [1.29, 1.82) is 0 Å². The van der Waals surface area contributed by atoms with Gasteiger partial charge in [0.25, 0.3) is 0 Å². The van der Waals surface area contributed by atoms with Crippen LogP contribution in [0, 0.1) is 0 Å². The number of aliphatic hydroxyl groups excluding tert-OH is 1. The van der Waals surface area contributed by atoms with Crippen LogP contribution < -0.4 is 0 Å². The van der Waals surface area contributed by atoms with Gasteiger partial charge < -0.3 is 9.84 Å². The fourth-order valence-electron chi connectivity index (χ4n) is 1.34. The molecular formula is C11H14O3S. The SMILES string of the molecule is CCOC(=O)C[C@H](O)C1=CC=CCC1=S. The summed E-state index contributed by atoms with van der Waals surface area (Å²) in [5.74, 6) is -0.400. The van der Waals surface area contributed by atoms with E-state index in [2.05, 4.69) is 0 Å². The Labute approximate surface area is 94.4 Å². The highest BCUT2D eigenvalue weighted by molar-refractivity contribution is 7.80. The monoisotopic (exact) mass is 226 g/mol. The quantitative estimate of drug-likeness (QED) is 0.583. The van der Waals surface area contributed by atoms with E-state index in [9.17, 15) is 9.90 Å². The molecule has 1 atom stereocenters. The second kappa shape index (κ2) is 5.78. The molecule has 1 aliphatic rings. The Morgan fingerprint density at radius 3 is 3.07 bits per heavy atom. The summed E-state index contributed by atoms with van der Waals surface area (Å²) in [5, 5.41) is 9.75. The van der Waals surface area contributed by atoms with Crippen molar-refractivity contribution in [1.82, 2.24) is 0 Å². The lowest BCUT2D eigenvalue weighted by molar-refractivity contribution is -0.144. The van der Waals surface area contributed by atoms with E-state index < -0.39 is 12.1 Å². The topological polar surface area (TPSA) is 46.5 Å². The Kier molecular flexibility index (Phi) is 4.65. The van der Waals surface area contributed by atoms with Crippen molar-refractivity contribution in [3.8, 4) is 0 Å². The first-order valence-corrected chi connectivity index (χ1v) is 5.29. The third-order valence-corrected chi connectivity index (χ3v) is 2.46. The third kappa shape index (κ3) is 3.57. The molecule has 0 aromatic rings. The van der Waals surface area contributed by atoms with Crippen LogP contribution in [0.4, 0.5) is 0 Å². The molecule has 0 saturated heterocycles. The third-order valence-electron chi connectivity index (χ3n) is 2.06. The molecule has 0 bridgehead atoms. The molecular weight excluding hydrogens is 212 g/mol. The zero-order valence-electron chi connectivity index (χ0n) is 8.60. The van der Waals surface area contributed by atoms with Crippen molar-refractivity contribution in [2.24, 2.45) is 0 Å². The predicted octanol–water partition coefficient (Wildman–Crippen LogP) is 1.56. The minimum absolute atomic E-state index is 0.0341. The van der Waals surface area contributed by atoms with Crippen molar-refractivity contribution in [2.45, 2.75) is 25.9 Å². The zero-order valence-corrected chi connectivity index (χ0v) is 9.42. The first-order valence-electron chi connectivity index (χ1n) is 4.88. The predicted molar refractivity (Wildman–Crippen MR) is 61.7 cm³/mol. The Morgan fingerprint density at radius 1 is 1.73 bits per heavy atom. The second-order valence-corrected chi connectivity index (χ2v) is 3.70. The van der Waals surface area contributed by atoms with Gasteiger partial charge in [-0.3, -0.25) is 4.79 Å². The van der Waals surface area contributed by atoms with Gasteiger partial charge in [-0.2, -0.15) is 0 Å². The van der Waals surface area contributed by atoms with Crippen molar-refractivity contribution in [2.75, 3.05) is 6.61 Å². The molecule has 4 heteroatoms. The van der Waals surface area contributed by atoms with Crippen molar-refractivity contribution < 1.29 is 14.6 Å². The number of allylic oxidation sites excluding steroid dienone is 3. The van der Waals surface area contributed by atoms with Crippen LogP contribution in [-0.2, 0) is 9.53 Å². The van der Waals surface area contributed by atoms with E-state index in [1.54, 1.807) is 13.0 Å². The van der Waals surface area contributed by atoms with Crippen LogP contribution in [0.2, 0.25) is 0 Å². The van der Waals surface area contributed by atoms with Gasteiger partial charge in [0.05, 0.1) is 19.1 Å². The lowest BCUT2D eigenvalue weighted by Gasteiger charge is -2.16. The van der Waals surface area contributed by atoms with Crippen LogP contribution in [-0.4, -0.2) is 28.7 Å². The molecule has 0 heterocycles. The van der Waals surface area contributed by atoms with Gasteiger partial charge in [-0.15, -0.1) is 0 Å². The Balaban J connectivity index is 2.56. The summed E-state index contributed by atoms with van der Waals surface area (Å²) in [6.07, 6.45) is 5.27. The van der Waals surface area contributed by atoms with Crippen LogP contribution in [0.3, 0.4) is 0 Å². The molecule has 1 aliphatic carbocycles. The van der Waals surface area contributed by atoms with E-state index >= 15 is 0 Å². The highest BCUT2D eigenvalue weighted by Crippen LogP contribution is 2.16. The fourth-order valence-corrected chi connectivity index (χ4v) is 1.64. The Hall–Kier alpha value is -1.00. The van der Waals surface area contributed by atoms with E-state index in [1.165, 1.54) is 0 Å². The minimum Gasteiger partial charge on any atom is -0.466 e. The van der Waals surface area contributed by atoms with Gasteiger partial charge in [-0.25, -0.2) is 0 Å². The summed E-state index contributed by atoms with van der Waals surface area (Å²) < 4.78 is 4.75. The van der Waals surface area contributed by atoms with E-state index in [1.807, 2.05) is 12.2 Å². The van der Waals surface area contributed by atoms with Crippen molar-refractivity contribution in [3.63, 3.8) is 0 Å². The van der Waals surface area contributed by atoms with E-state index in [0.717, 1.165) is 0 Å². The molecule has 0 spiro atoms. The Bertz CT molecular complexity index is 318. The fraction of sp³-hybridized carbons (Fsp3) is 0.455. The first kappa shape index (κ1) is 12.1. The van der Waals surface area contributed by atoms with Crippen LogP contribution in [0.25, 0.3) is 0 Å². The van der Waals surface area contributed by atoms with E-state index in [0.29, 0.717) is 23.5 Å². The number of rotatable bonds is 4. The maximum absolute atomic E-state index is 11.1. The molecule has 0 aromatic carbocycles. The lowest BCUT2D eigenvalue weighted by Crippen LogP contribution is -2.22. The number of aliphatic hydroxyl groups is 1. The molecule has 0 unspecified atom stereocenters. The number of thiocarbonyl (C=S) groups is 1. The molecule has 3 nitrogen and oxygen atoms in total. The average Bonchev–Trinajstić information content (AvgIpc) is 2.18. The minimum atomic E-state index is -0.846. The van der Waals surface area contributed by atoms with Gasteiger partial charge in [0.2, 0.25) is 0 Å². The van der Waals surface area contributed by atoms with Crippen LogP contribution in [0.5, 0.6) is 0 Å². The summed E-state index contributed by atoms with van der Waals surface area (Å²) in [5.41, 5.74) is 0.653. The second-order valence-electron chi connectivity index (χ2n) is 3.20. The maximum Gasteiger partial charge on any atom is 0.308 e. The highest BCUT2D eigenvalue weighted by atomic mass is 32.1. The first-order chi connectivity index (χ1) is 7.15. The number of esters is 1. The molecule has 0 radical (unpaired) electrons. The molecule has 1 rings (SSSR count). The van der Waals surface area contributed by atoms with Crippen LogP contribution in [0.1, 0.15) is 19.8 Å². The highest BCUT2D eigenvalue weighted by Gasteiger charge is 2.19. The van der Waals surface area contributed by atoms with Gasteiger partial charge in [-0.05, 0) is 12.5 Å². The summed E-state index contributed by atoms with van der Waals surface area (Å²) in [7, 11) is 0. The van der Waals surface area contributed by atoms with Crippen molar-refractivity contribution >= 4 is 23.1 Å². The normalized spacial score (nSPS) is 17.2. The van der Waals surface area contributed by atoms with Crippen LogP contribution in [0.15, 0.2) is 23.8 Å². The lowest BCUT2D eigenvalue weighted by atomic mass is 9.98. The number of ether oxygens (including phenoxy) is 1. The summed E-state index contributed by atoms with van der Waals surface area (Å²) in [6, 6.07) is 0. The van der Waals surface area contributed by atoms with E-state index in [-0.39, 0.29) is 6.42 Å². The van der Waals surface area contributed by atoms with Gasteiger partial charge in [0.1, 0.15) is 0 Å². The van der Waals surface area contributed by atoms with E-state index in [4.69, 9.17) is 17.0 Å². The smallest absolute Gasteiger partial charge is 0.308 e. The summed E-state index contributed by atoms with van der Waals surface area (Å²) >= 11 is 5.09. The molecule has 1 N–H and O–H groups in total. The number of carbonyl (C=O) groups excluding carboxylic acids is 1. The van der Waals surface area contributed by atoms with Gasteiger partial charge in [0, 0.05) is 11.3 Å². The Morgan fingerprint density at radius 2 is 2.47 bits per heavy atom. The number of carbonyl (C=O) groups is 1. The van der Waals surface area contributed by atoms with Crippen LogP contribution >= 0.6 is 12.2 Å². The standard InChI is InChI=1S/C11H14O3S/c1-2-14-11(13)7-9(12)8-5-3-4-6-10(8)15/h3-5,9,12H,2,6-7H2,1H3/t9-/m0/s1. The molecule has 0 fully saturated rings. The molecule has 0 amide bonds. The number of hydrogen-bond acceptors (Lipinski definition) is 4. The largest absolute Gasteiger partial charge is 0.466 e. The summed E-state index contributed by atoms with van der Waals surface area (Å²) in [4.78, 5) is 11.8. The van der Waals surface area contributed by atoms with Gasteiger partial charge in [0.15, 0.2) is 0 Å². The molecule has 0 aliphatic heterocycles.